The van der Waals surface area contributed by atoms with Gasteiger partial charge in [-0.15, -0.1) is 0 Å². The van der Waals surface area contributed by atoms with E-state index >= 15 is 0 Å². The summed E-state index contributed by atoms with van der Waals surface area (Å²) in [5, 5.41) is 9.07. The molecule has 1 amide bonds. The van der Waals surface area contributed by atoms with E-state index in [0.717, 1.165) is 0 Å². The number of nitrogens with two attached hydrogens (primary N) is 1. The second-order valence-electron chi connectivity index (χ2n) is 4.74. The number of aromatic nitrogens is 1. The van der Waals surface area contributed by atoms with Crippen LogP contribution in [0, 0.1) is 6.92 Å². The topological polar surface area (TPSA) is 99.8 Å². The number of aliphatic carboxylic acids is 1. The molecule has 1 saturated heterocycles. The van der Waals surface area contributed by atoms with Crippen molar-refractivity contribution in [1.82, 2.24) is 14.8 Å². The fourth-order valence-electron chi connectivity index (χ4n) is 2.19. The van der Waals surface area contributed by atoms with Crippen LogP contribution in [-0.2, 0) is 4.79 Å². The Morgan fingerprint density at radius 1 is 1.35 bits per heavy atom. The van der Waals surface area contributed by atoms with Crippen molar-refractivity contribution in [3.05, 3.63) is 10.6 Å². The van der Waals surface area contributed by atoms with Crippen LogP contribution in [0.15, 0.2) is 0 Å². The summed E-state index contributed by atoms with van der Waals surface area (Å²) in [6.07, 6.45) is 0.137. The number of hydrogen-bond acceptors (Lipinski definition) is 6. The van der Waals surface area contributed by atoms with Gasteiger partial charge < -0.3 is 15.7 Å². The van der Waals surface area contributed by atoms with E-state index in [9.17, 15) is 9.59 Å². The molecule has 0 spiro atoms. The van der Waals surface area contributed by atoms with Crippen LogP contribution in [0.5, 0.6) is 0 Å². The largest absolute Gasteiger partial charge is 0.481 e. The minimum absolute atomic E-state index is 0.0328. The van der Waals surface area contributed by atoms with Crippen molar-refractivity contribution in [2.75, 3.05) is 38.5 Å². The number of carboxylic acid groups (broad SMARTS) is 1. The van der Waals surface area contributed by atoms with E-state index in [1.807, 2.05) is 0 Å². The molecule has 8 heteroatoms. The highest BCUT2D eigenvalue weighted by Crippen LogP contribution is 2.22. The number of rotatable bonds is 4. The SMILES string of the molecule is Cc1nc(N)sc1C(=O)N1CCN(CCC(=O)O)CC1. The van der Waals surface area contributed by atoms with Crippen LogP contribution in [0.2, 0.25) is 0 Å². The van der Waals surface area contributed by atoms with Crippen LogP contribution in [0.4, 0.5) is 5.13 Å². The zero-order chi connectivity index (χ0) is 14.7. The highest BCUT2D eigenvalue weighted by atomic mass is 32.1. The Balaban J connectivity index is 1.89. The minimum Gasteiger partial charge on any atom is -0.481 e. The average Bonchev–Trinajstić information content (AvgIpc) is 2.75. The molecule has 2 rings (SSSR count). The zero-order valence-corrected chi connectivity index (χ0v) is 12.2. The summed E-state index contributed by atoms with van der Waals surface area (Å²) in [7, 11) is 0. The monoisotopic (exact) mass is 298 g/mol. The number of aryl methyl sites for hydroxylation is 1. The number of piperazine rings is 1. The quantitative estimate of drug-likeness (QED) is 0.827. The van der Waals surface area contributed by atoms with Crippen LogP contribution in [0.1, 0.15) is 21.8 Å². The van der Waals surface area contributed by atoms with Gasteiger partial charge in [-0.05, 0) is 6.92 Å². The molecule has 1 aliphatic rings. The number of amides is 1. The van der Waals surface area contributed by atoms with E-state index in [2.05, 4.69) is 9.88 Å². The van der Waals surface area contributed by atoms with Gasteiger partial charge >= 0.3 is 5.97 Å². The number of carbonyl (C=O) groups is 2. The Morgan fingerprint density at radius 2 is 2.00 bits per heavy atom. The molecular formula is C12H18N4O3S. The lowest BCUT2D eigenvalue weighted by Gasteiger charge is -2.34. The third-order valence-corrected chi connectivity index (χ3v) is 4.28. The molecule has 2 heterocycles. The van der Waals surface area contributed by atoms with Crippen molar-refractivity contribution in [2.24, 2.45) is 0 Å². The number of carbonyl (C=O) groups excluding carboxylic acids is 1. The smallest absolute Gasteiger partial charge is 0.304 e. The van der Waals surface area contributed by atoms with Crippen LogP contribution >= 0.6 is 11.3 Å². The highest BCUT2D eigenvalue weighted by molar-refractivity contribution is 7.17. The maximum absolute atomic E-state index is 12.3. The summed E-state index contributed by atoms with van der Waals surface area (Å²) in [5.41, 5.74) is 6.28. The first-order valence-electron chi connectivity index (χ1n) is 6.43. The third kappa shape index (κ3) is 3.45. The van der Waals surface area contributed by atoms with Gasteiger partial charge in [-0.25, -0.2) is 4.98 Å². The Labute approximate surface area is 121 Å². The van der Waals surface area contributed by atoms with Gasteiger partial charge in [0.2, 0.25) is 0 Å². The molecule has 1 aromatic rings. The normalized spacial score (nSPS) is 16.4. The average molecular weight is 298 g/mol. The summed E-state index contributed by atoms with van der Waals surface area (Å²) >= 11 is 1.22. The number of thiazole rings is 1. The molecule has 1 aromatic heterocycles. The Morgan fingerprint density at radius 3 is 2.50 bits per heavy atom. The van der Waals surface area contributed by atoms with Gasteiger partial charge in [-0.2, -0.15) is 0 Å². The van der Waals surface area contributed by atoms with Crippen molar-refractivity contribution in [3.63, 3.8) is 0 Å². The molecule has 0 saturated carbocycles. The molecule has 3 N–H and O–H groups in total. The van der Waals surface area contributed by atoms with Gasteiger partial charge in [-0.1, -0.05) is 11.3 Å². The van der Waals surface area contributed by atoms with Crippen molar-refractivity contribution in [3.8, 4) is 0 Å². The molecule has 0 atom stereocenters. The van der Waals surface area contributed by atoms with E-state index < -0.39 is 5.97 Å². The minimum atomic E-state index is -0.792. The molecule has 0 aliphatic carbocycles. The van der Waals surface area contributed by atoms with Crippen molar-refractivity contribution < 1.29 is 14.7 Å². The van der Waals surface area contributed by atoms with Gasteiger partial charge in [0, 0.05) is 32.7 Å². The Bertz CT molecular complexity index is 509. The third-order valence-electron chi connectivity index (χ3n) is 3.31. The van der Waals surface area contributed by atoms with Crippen LogP contribution < -0.4 is 5.73 Å². The highest BCUT2D eigenvalue weighted by Gasteiger charge is 2.25. The lowest BCUT2D eigenvalue weighted by molar-refractivity contribution is -0.137. The lowest BCUT2D eigenvalue weighted by Crippen LogP contribution is -2.49. The molecule has 0 aromatic carbocycles. The fraction of sp³-hybridized carbons (Fsp3) is 0.583. The Hall–Kier alpha value is -1.67. The lowest BCUT2D eigenvalue weighted by atomic mass is 10.2. The van der Waals surface area contributed by atoms with Gasteiger partial charge in [-0.3, -0.25) is 14.5 Å². The summed E-state index contributed by atoms with van der Waals surface area (Å²) in [6, 6.07) is 0. The molecule has 110 valence electrons. The number of nitrogen functional groups attached to an aromatic ring is 1. The standard InChI is InChI=1S/C12H18N4O3S/c1-8-10(20-12(13)14-8)11(19)16-6-4-15(5-7-16)3-2-9(17)18/h2-7H2,1H3,(H2,13,14)(H,17,18). The van der Waals surface area contributed by atoms with Crippen molar-refractivity contribution in [1.29, 1.82) is 0 Å². The molecule has 1 aliphatic heterocycles. The fourth-order valence-corrected chi connectivity index (χ4v) is 2.99. The van der Waals surface area contributed by atoms with Crippen LogP contribution in [-0.4, -0.2) is 64.5 Å². The van der Waals surface area contributed by atoms with Crippen LogP contribution in [0.3, 0.4) is 0 Å². The first-order valence-corrected chi connectivity index (χ1v) is 7.25. The molecule has 20 heavy (non-hydrogen) atoms. The predicted molar refractivity (Wildman–Crippen MR) is 75.9 cm³/mol. The number of carboxylic acids is 1. The molecule has 0 bridgehead atoms. The predicted octanol–water partition coefficient (Wildman–Crippen LogP) is 0.266. The van der Waals surface area contributed by atoms with Crippen molar-refractivity contribution >= 4 is 28.3 Å². The summed E-state index contributed by atoms with van der Waals surface area (Å²) in [4.78, 5) is 31.4. The van der Waals surface area contributed by atoms with E-state index in [-0.39, 0.29) is 12.3 Å². The summed E-state index contributed by atoms with van der Waals surface area (Å²) in [6.45, 7) is 4.93. The van der Waals surface area contributed by atoms with Crippen LogP contribution in [0.25, 0.3) is 0 Å². The molecule has 1 fully saturated rings. The van der Waals surface area contributed by atoms with Gasteiger partial charge in [0.05, 0.1) is 12.1 Å². The number of hydrogen-bond donors (Lipinski definition) is 2. The van der Waals surface area contributed by atoms with E-state index in [0.29, 0.717) is 48.4 Å². The van der Waals surface area contributed by atoms with Gasteiger partial charge in [0.15, 0.2) is 5.13 Å². The molecule has 0 radical (unpaired) electrons. The zero-order valence-electron chi connectivity index (χ0n) is 11.3. The maximum atomic E-state index is 12.3. The van der Waals surface area contributed by atoms with Crippen molar-refractivity contribution in [2.45, 2.75) is 13.3 Å². The first kappa shape index (κ1) is 14.7. The summed E-state index contributed by atoms with van der Waals surface area (Å²) in [5.74, 6) is -0.825. The van der Waals surface area contributed by atoms with Gasteiger partial charge in [0.1, 0.15) is 4.88 Å². The summed E-state index contributed by atoms with van der Waals surface area (Å²) < 4.78 is 0. The molecule has 0 unspecified atom stereocenters. The first-order chi connectivity index (χ1) is 9.47. The van der Waals surface area contributed by atoms with E-state index in [1.54, 1.807) is 11.8 Å². The van der Waals surface area contributed by atoms with E-state index in [1.165, 1.54) is 11.3 Å². The van der Waals surface area contributed by atoms with Gasteiger partial charge in [0.25, 0.3) is 5.91 Å². The molecular weight excluding hydrogens is 280 g/mol. The second-order valence-corrected chi connectivity index (χ2v) is 5.77. The number of nitrogens with zero attached hydrogens (tertiary/aromatic N) is 3. The number of anilines is 1. The molecule has 7 nitrogen and oxygen atoms in total. The van der Waals surface area contributed by atoms with E-state index in [4.69, 9.17) is 10.8 Å². The maximum Gasteiger partial charge on any atom is 0.304 e. The Kier molecular flexibility index (Phi) is 4.56. The second kappa shape index (κ2) is 6.19.